The molecule has 0 saturated heterocycles. The summed E-state index contributed by atoms with van der Waals surface area (Å²) in [6.07, 6.45) is 1.21. The second-order valence-electron chi connectivity index (χ2n) is 8.51. The molecule has 7 heteroatoms. The van der Waals surface area contributed by atoms with Crippen molar-refractivity contribution in [2.75, 3.05) is 6.54 Å². The van der Waals surface area contributed by atoms with Gasteiger partial charge in [-0.05, 0) is 36.6 Å². The van der Waals surface area contributed by atoms with Gasteiger partial charge in [0.2, 0.25) is 11.8 Å². The zero-order valence-electron chi connectivity index (χ0n) is 18.1. The van der Waals surface area contributed by atoms with Gasteiger partial charge in [-0.3, -0.25) is 14.4 Å². The molecule has 2 aliphatic heterocycles. The van der Waals surface area contributed by atoms with Crippen LogP contribution in [-0.4, -0.2) is 46.2 Å². The van der Waals surface area contributed by atoms with Crippen molar-refractivity contribution in [2.45, 2.75) is 44.8 Å². The number of nitrogens with zero attached hydrogens (tertiary/aromatic N) is 1. The maximum atomic E-state index is 13.4. The van der Waals surface area contributed by atoms with Crippen molar-refractivity contribution in [3.8, 4) is 0 Å². The molecule has 0 aliphatic carbocycles. The van der Waals surface area contributed by atoms with Crippen molar-refractivity contribution in [1.29, 1.82) is 0 Å². The van der Waals surface area contributed by atoms with E-state index in [1.807, 2.05) is 55.5 Å². The fraction of sp³-hybridized carbons (Fsp3) is 0.320. The van der Waals surface area contributed by atoms with Crippen LogP contribution in [0.2, 0.25) is 0 Å². The maximum absolute atomic E-state index is 13.4. The first-order valence-corrected chi connectivity index (χ1v) is 11.1. The Hall–Kier alpha value is -3.61. The van der Waals surface area contributed by atoms with Crippen LogP contribution in [0.4, 0.5) is 0 Å². The molecule has 5 rings (SSSR count). The smallest absolute Gasteiger partial charge is 0.255 e. The normalized spacial score (nSPS) is 19.8. The molecule has 164 valence electrons. The van der Waals surface area contributed by atoms with Gasteiger partial charge in [0.25, 0.3) is 5.91 Å². The molecule has 1 aromatic heterocycles. The molecule has 0 saturated carbocycles. The van der Waals surface area contributed by atoms with Crippen molar-refractivity contribution in [3.63, 3.8) is 0 Å². The Bertz CT molecular complexity index is 1230. The minimum absolute atomic E-state index is 0.154. The van der Waals surface area contributed by atoms with Crippen molar-refractivity contribution >= 4 is 28.6 Å². The van der Waals surface area contributed by atoms with Crippen molar-refractivity contribution in [3.05, 3.63) is 70.9 Å². The van der Waals surface area contributed by atoms with E-state index in [2.05, 4.69) is 15.6 Å². The van der Waals surface area contributed by atoms with E-state index in [4.69, 9.17) is 0 Å². The molecule has 0 bridgehead atoms. The van der Waals surface area contributed by atoms with E-state index in [1.54, 1.807) is 11.8 Å². The number of para-hydroxylation sites is 1. The highest BCUT2D eigenvalue weighted by Crippen LogP contribution is 2.46. The Balaban J connectivity index is 1.54. The van der Waals surface area contributed by atoms with Gasteiger partial charge >= 0.3 is 0 Å². The minimum atomic E-state index is -0.701. The molecular formula is C25H26N4O3. The predicted octanol–water partition coefficient (Wildman–Crippen LogP) is 2.67. The van der Waals surface area contributed by atoms with Crippen LogP contribution in [0, 0.1) is 0 Å². The zero-order valence-corrected chi connectivity index (χ0v) is 18.1. The summed E-state index contributed by atoms with van der Waals surface area (Å²) < 4.78 is 0. The van der Waals surface area contributed by atoms with Crippen LogP contribution in [0.1, 0.15) is 53.5 Å². The summed E-state index contributed by atoms with van der Waals surface area (Å²) in [6.45, 7) is 4.20. The van der Waals surface area contributed by atoms with Gasteiger partial charge in [0, 0.05) is 35.1 Å². The summed E-state index contributed by atoms with van der Waals surface area (Å²) in [5.74, 6) is -0.694. The number of rotatable bonds is 5. The van der Waals surface area contributed by atoms with E-state index >= 15 is 0 Å². The molecule has 32 heavy (non-hydrogen) atoms. The van der Waals surface area contributed by atoms with E-state index in [1.165, 1.54) is 0 Å². The predicted molar refractivity (Wildman–Crippen MR) is 121 cm³/mol. The largest absolute Gasteiger partial charge is 0.356 e. The van der Waals surface area contributed by atoms with E-state index in [9.17, 15) is 14.4 Å². The first kappa shape index (κ1) is 20.3. The lowest BCUT2D eigenvalue weighted by Crippen LogP contribution is -2.55. The summed E-state index contributed by atoms with van der Waals surface area (Å²) in [5, 5.41) is 6.70. The van der Waals surface area contributed by atoms with Crippen LogP contribution in [-0.2, 0) is 16.0 Å². The van der Waals surface area contributed by atoms with Crippen LogP contribution in [0.5, 0.6) is 0 Å². The summed E-state index contributed by atoms with van der Waals surface area (Å²) in [6, 6.07) is 13.8. The third kappa shape index (κ3) is 3.07. The number of carbonyl (C=O) groups is 3. The molecule has 2 aromatic carbocycles. The fourth-order valence-corrected chi connectivity index (χ4v) is 4.91. The lowest BCUT2D eigenvalue weighted by atomic mass is 9.90. The fourth-order valence-electron chi connectivity index (χ4n) is 4.91. The Labute approximate surface area is 186 Å². The molecule has 3 heterocycles. The first-order chi connectivity index (χ1) is 15.5. The molecule has 3 N–H and O–H groups in total. The highest BCUT2D eigenvalue weighted by Gasteiger charge is 2.49. The van der Waals surface area contributed by atoms with Crippen molar-refractivity contribution in [1.82, 2.24) is 20.5 Å². The summed E-state index contributed by atoms with van der Waals surface area (Å²) in [4.78, 5) is 44.3. The molecule has 7 nitrogen and oxygen atoms in total. The van der Waals surface area contributed by atoms with Gasteiger partial charge in [0.05, 0.1) is 6.04 Å². The highest BCUT2D eigenvalue weighted by atomic mass is 16.2. The Morgan fingerprint density at radius 1 is 1.16 bits per heavy atom. The minimum Gasteiger partial charge on any atom is -0.356 e. The Morgan fingerprint density at radius 3 is 2.72 bits per heavy atom. The van der Waals surface area contributed by atoms with Gasteiger partial charge in [0.15, 0.2) is 0 Å². The molecule has 0 radical (unpaired) electrons. The molecule has 0 spiro atoms. The standard InChI is InChI=1S/C25H26N4O3/c1-3-12-26-23(30)14(2)27-24(31)20-13-18-15-8-6-7-11-19(15)28-21(18)22-16-9-4-5-10-17(16)25(32)29(20)22/h4-11,14,20,22,28H,3,12-13H2,1-2H3,(H,26,30)(H,27,31)/t14-,20+,22+/m0/s1. The van der Waals surface area contributed by atoms with Crippen LogP contribution in [0.3, 0.4) is 0 Å². The number of aromatic amines is 1. The third-order valence-corrected chi connectivity index (χ3v) is 6.46. The van der Waals surface area contributed by atoms with Gasteiger partial charge in [-0.25, -0.2) is 0 Å². The Kier molecular flexibility index (Phi) is 4.96. The number of benzene rings is 2. The molecule has 0 unspecified atom stereocenters. The number of carbonyl (C=O) groups excluding carboxylic acids is 3. The molecule has 2 aliphatic rings. The molecule has 3 aromatic rings. The zero-order chi connectivity index (χ0) is 22.4. The molecular weight excluding hydrogens is 404 g/mol. The van der Waals surface area contributed by atoms with Gasteiger partial charge in [-0.1, -0.05) is 43.3 Å². The van der Waals surface area contributed by atoms with E-state index in [0.717, 1.165) is 34.1 Å². The first-order valence-electron chi connectivity index (χ1n) is 11.1. The SMILES string of the molecule is CCCNC(=O)[C@H](C)NC(=O)[C@H]1Cc2c([nH]c3ccccc23)[C@H]2c3ccccc3C(=O)N21. The van der Waals surface area contributed by atoms with Crippen molar-refractivity contribution < 1.29 is 14.4 Å². The summed E-state index contributed by atoms with van der Waals surface area (Å²) in [7, 11) is 0. The Morgan fingerprint density at radius 2 is 1.91 bits per heavy atom. The molecule has 3 amide bonds. The third-order valence-electron chi connectivity index (χ3n) is 6.46. The monoisotopic (exact) mass is 430 g/mol. The van der Waals surface area contributed by atoms with Crippen molar-refractivity contribution in [2.24, 2.45) is 0 Å². The number of amides is 3. The van der Waals surface area contributed by atoms with Gasteiger partial charge in [-0.2, -0.15) is 0 Å². The van der Waals surface area contributed by atoms with E-state index in [0.29, 0.717) is 18.5 Å². The van der Waals surface area contributed by atoms with Gasteiger partial charge in [-0.15, -0.1) is 0 Å². The average Bonchev–Trinajstić information content (AvgIpc) is 3.32. The van der Waals surface area contributed by atoms with Crippen LogP contribution < -0.4 is 10.6 Å². The van der Waals surface area contributed by atoms with Crippen LogP contribution in [0.15, 0.2) is 48.5 Å². The maximum Gasteiger partial charge on any atom is 0.255 e. The number of aromatic nitrogens is 1. The van der Waals surface area contributed by atoms with E-state index in [-0.39, 0.29) is 23.8 Å². The van der Waals surface area contributed by atoms with Gasteiger partial charge in [0.1, 0.15) is 12.1 Å². The highest BCUT2D eigenvalue weighted by molar-refractivity contribution is 6.04. The summed E-state index contributed by atoms with van der Waals surface area (Å²) in [5.41, 5.74) is 4.52. The summed E-state index contributed by atoms with van der Waals surface area (Å²) >= 11 is 0. The number of nitrogens with one attached hydrogen (secondary N) is 3. The number of hydrogen-bond acceptors (Lipinski definition) is 3. The van der Waals surface area contributed by atoms with E-state index < -0.39 is 12.1 Å². The molecule has 0 fully saturated rings. The van der Waals surface area contributed by atoms with Gasteiger partial charge < -0.3 is 20.5 Å². The lowest BCUT2D eigenvalue weighted by molar-refractivity contribution is -0.131. The number of H-pyrrole nitrogens is 1. The lowest BCUT2D eigenvalue weighted by Gasteiger charge is -2.37. The van der Waals surface area contributed by atoms with Crippen LogP contribution >= 0.6 is 0 Å². The molecule has 3 atom stereocenters. The van der Waals surface area contributed by atoms with Crippen LogP contribution in [0.25, 0.3) is 10.9 Å². The second-order valence-corrected chi connectivity index (χ2v) is 8.51. The number of fused-ring (bicyclic) bond motifs is 7. The topological polar surface area (TPSA) is 94.3 Å². The quantitative estimate of drug-likeness (QED) is 0.581. The average molecular weight is 431 g/mol. The second kappa shape index (κ2) is 7.82. The number of hydrogen-bond donors (Lipinski definition) is 3.